The third-order valence-corrected chi connectivity index (χ3v) is 4.41. The van der Waals surface area contributed by atoms with Crippen molar-refractivity contribution in [1.82, 2.24) is 10.2 Å². The van der Waals surface area contributed by atoms with Crippen molar-refractivity contribution in [3.8, 4) is 0 Å². The van der Waals surface area contributed by atoms with Crippen molar-refractivity contribution < 1.29 is 14.7 Å². The summed E-state index contributed by atoms with van der Waals surface area (Å²) in [6, 6.07) is -1.02. The Kier molecular flexibility index (Phi) is 7.34. The number of aliphatic carboxylic acids is 1. The lowest BCUT2D eigenvalue weighted by atomic mass is 10.2. The number of hydrogen-bond acceptors (Lipinski definition) is 4. The minimum absolute atomic E-state index is 0.244. The van der Waals surface area contributed by atoms with Gasteiger partial charge in [-0.05, 0) is 30.6 Å². The molecule has 2 amide bonds. The van der Waals surface area contributed by atoms with Gasteiger partial charge in [0, 0.05) is 18.8 Å². The predicted molar refractivity (Wildman–Crippen MR) is 76.5 cm³/mol. The fourth-order valence-corrected chi connectivity index (χ4v) is 3.04. The predicted octanol–water partition coefficient (Wildman–Crippen LogP) is 1.34. The van der Waals surface area contributed by atoms with E-state index in [-0.39, 0.29) is 6.03 Å². The van der Waals surface area contributed by atoms with Gasteiger partial charge in [0.1, 0.15) is 6.04 Å². The average Bonchev–Trinajstić information content (AvgIpc) is 2.62. The van der Waals surface area contributed by atoms with Crippen molar-refractivity contribution in [3.63, 3.8) is 0 Å². The minimum Gasteiger partial charge on any atom is -0.480 e. The maximum Gasteiger partial charge on any atom is 0.326 e. The fourth-order valence-electron chi connectivity index (χ4n) is 1.68. The van der Waals surface area contributed by atoms with Gasteiger partial charge in [-0.25, -0.2) is 9.59 Å². The third-order valence-electron chi connectivity index (χ3n) is 2.72. The van der Waals surface area contributed by atoms with E-state index >= 15 is 0 Å². The van der Waals surface area contributed by atoms with Crippen LogP contribution in [0.4, 0.5) is 4.79 Å². The molecule has 1 heterocycles. The molecule has 0 aliphatic carbocycles. The second-order valence-corrected chi connectivity index (χ2v) is 6.29. The molecule has 1 atom stereocenters. The van der Waals surface area contributed by atoms with Crippen molar-refractivity contribution in [2.45, 2.75) is 18.9 Å². The van der Waals surface area contributed by atoms with Gasteiger partial charge >= 0.3 is 12.0 Å². The fraction of sp³-hybridized carbons (Fsp3) is 0.818. The molecular formula is C11H20N2O3S2. The minimum atomic E-state index is -0.957. The van der Waals surface area contributed by atoms with E-state index in [1.165, 1.54) is 0 Å². The molecule has 1 saturated heterocycles. The molecule has 0 aromatic carbocycles. The molecule has 2 N–H and O–H groups in total. The number of nitrogens with zero attached hydrogens (tertiary/aromatic N) is 1. The van der Waals surface area contributed by atoms with Gasteiger partial charge in [-0.15, -0.1) is 0 Å². The molecule has 7 heteroatoms. The van der Waals surface area contributed by atoms with Crippen LogP contribution in [0.1, 0.15) is 12.8 Å². The SMILES string of the molecule is CSCCC(NC(=O)N1CCCSCC1)C(=O)O. The van der Waals surface area contributed by atoms with Crippen LogP contribution >= 0.6 is 23.5 Å². The summed E-state index contributed by atoms with van der Waals surface area (Å²) in [5.41, 5.74) is 0. The first kappa shape index (κ1) is 15.5. The van der Waals surface area contributed by atoms with E-state index in [9.17, 15) is 9.59 Å². The monoisotopic (exact) mass is 292 g/mol. The van der Waals surface area contributed by atoms with Crippen molar-refractivity contribution in [1.29, 1.82) is 0 Å². The van der Waals surface area contributed by atoms with Gasteiger partial charge in [-0.3, -0.25) is 0 Å². The van der Waals surface area contributed by atoms with Crippen LogP contribution in [0.3, 0.4) is 0 Å². The average molecular weight is 292 g/mol. The van der Waals surface area contributed by atoms with Crippen LogP contribution in [-0.4, -0.2) is 64.7 Å². The van der Waals surface area contributed by atoms with Gasteiger partial charge in [0.2, 0.25) is 0 Å². The Morgan fingerprint density at radius 2 is 2.22 bits per heavy atom. The molecule has 5 nitrogen and oxygen atoms in total. The zero-order valence-corrected chi connectivity index (χ0v) is 12.2. The van der Waals surface area contributed by atoms with Gasteiger partial charge in [-0.2, -0.15) is 23.5 Å². The lowest BCUT2D eigenvalue weighted by Gasteiger charge is -2.23. The topological polar surface area (TPSA) is 69.6 Å². The summed E-state index contributed by atoms with van der Waals surface area (Å²) in [7, 11) is 0. The van der Waals surface area contributed by atoms with Gasteiger partial charge < -0.3 is 15.3 Å². The summed E-state index contributed by atoms with van der Waals surface area (Å²) in [5.74, 6) is 1.77. The second kappa shape index (κ2) is 8.53. The first-order valence-corrected chi connectivity index (χ1v) is 8.55. The summed E-state index contributed by atoms with van der Waals surface area (Å²) >= 11 is 3.42. The van der Waals surface area contributed by atoms with Crippen molar-refractivity contribution in [3.05, 3.63) is 0 Å². The van der Waals surface area contributed by atoms with Crippen LogP contribution in [0.25, 0.3) is 0 Å². The standard InChI is InChI=1S/C11H20N2O3S2/c1-17-7-3-9(10(14)15)12-11(16)13-4-2-6-18-8-5-13/h9H,2-8H2,1H3,(H,12,16)(H,14,15). The van der Waals surface area contributed by atoms with Gasteiger partial charge in [0.25, 0.3) is 0 Å². The van der Waals surface area contributed by atoms with Crippen LogP contribution in [0, 0.1) is 0 Å². The van der Waals surface area contributed by atoms with Gasteiger partial charge in [0.15, 0.2) is 0 Å². The molecule has 1 aliphatic heterocycles. The molecule has 1 fully saturated rings. The summed E-state index contributed by atoms with van der Waals surface area (Å²) < 4.78 is 0. The van der Waals surface area contributed by atoms with E-state index in [1.54, 1.807) is 16.7 Å². The molecule has 0 aromatic rings. The smallest absolute Gasteiger partial charge is 0.326 e. The highest BCUT2D eigenvalue weighted by Gasteiger charge is 2.23. The number of urea groups is 1. The number of carbonyl (C=O) groups is 2. The van der Waals surface area contributed by atoms with E-state index < -0.39 is 12.0 Å². The highest BCUT2D eigenvalue weighted by atomic mass is 32.2. The van der Waals surface area contributed by atoms with Crippen molar-refractivity contribution in [2.24, 2.45) is 0 Å². The molecule has 1 rings (SSSR count). The molecule has 0 spiro atoms. The number of thioether (sulfide) groups is 2. The first-order valence-electron chi connectivity index (χ1n) is 6.00. The third kappa shape index (κ3) is 5.39. The Morgan fingerprint density at radius 3 is 2.89 bits per heavy atom. The number of hydrogen-bond donors (Lipinski definition) is 2. The van der Waals surface area contributed by atoms with E-state index in [0.29, 0.717) is 19.5 Å². The zero-order chi connectivity index (χ0) is 13.4. The lowest BCUT2D eigenvalue weighted by Crippen LogP contribution is -2.48. The molecule has 104 valence electrons. The van der Waals surface area contributed by atoms with Crippen LogP contribution in [0.2, 0.25) is 0 Å². The summed E-state index contributed by atoms with van der Waals surface area (Å²) in [6.07, 6.45) is 3.36. The highest BCUT2D eigenvalue weighted by Crippen LogP contribution is 2.10. The van der Waals surface area contributed by atoms with Gasteiger partial charge in [-0.1, -0.05) is 0 Å². The molecule has 0 bridgehead atoms. The Balaban J connectivity index is 2.45. The van der Waals surface area contributed by atoms with Crippen LogP contribution in [0.5, 0.6) is 0 Å². The Labute approximate surface area is 116 Å². The molecule has 0 saturated carbocycles. The number of carboxylic acid groups (broad SMARTS) is 1. The molecule has 18 heavy (non-hydrogen) atoms. The summed E-state index contributed by atoms with van der Waals surface area (Å²) in [4.78, 5) is 24.7. The maximum absolute atomic E-state index is 12.0. The normalized spacial score (nSPS) is 17.9. The number of rotatable bonds is 5. The Bertz CT molecular complexity index is 281. The van der Waals surface area contributed by atoms with Crippen LogP contribution in [0.15, 0.2) is 0 Å². The van der Waals surface area contributed by atoms with Gasteiger partial charge in [0.05, 0.1) is 0 Å². The molecule has 1 aliphatic rings. The number of nitrogens with one attached hydrogen (secondary N) is 1. The van der Waals surface area contributed by atoms with Crippen LogP contribution < -0.4 is 5.32 Å². The Morgan fingerprint density at radius 1 is 1.44 bits per heavy atom. The number of amides is 2. The lowest BCUT2D eigenvalue weighted by molar-refractivity contribution is -0.139. The van der Waals surface area contributed by atoms with E-state index in [1.807, 2.05) is 18.0 Å². The summed E-state index contributed by atoms with van der Waals surface area (Å²) in [5, 5.41) is 11.7. The summed E-state index contributed by atoms with van der Waals surface area (Å²) in [6.45, 7) is 1.42. The Hall–Kier alpha value is -0.560. The van der Waals surface area contributed by atoms with Crippen LogP contribution in [-0.2, 0) is 4.79 Å². The quantitative estimate of drug-likeness (QED) is 0.800. The van der Waals surface area contributed by atoms with E-state index in [2.05, 4.69) is 5.32 Å². The number of carbonyl (C=O) groups excluding carboxylic acids is 1. The highest BCUT2D eigenvalue weighted by molar-refractivity contribution is 7.99. The van der Waals surface area contributed by atoms with E-state index in [0.717, 1.165) is 23.7 Å². The molecule has 0 aromatic heterocycles. The van der Waals surface area contributed by atoms with Crippen molar-refractivity contribution >= 4 is 35.5 Å². The molecule has 0 radical (unpaired) electrons. The number of carboxylic acids is 1. The second-order valence-electron chi connectivity index (χ2n) is 4.07. The van der Waals surface area contributed by atoms with Crippen molar-refractivity contribution in [2.75, 3.05) is 36.6 Å². The first-order chi connectivity index (χ1) is 8.65. The molecular weight excluding hydrogens is 272 g/mol. The maximum atomic E-state index is 12.0. The zero-order valence-electron chi connectivity index (χ0n) is 10.6. The molecule has 1 unspecified atom stereocenters. The van der Waals surface area contributed by atoms with E-state index in [4.69, 9.17) is 5.11 Å². The largest absolute Gasteiger partial charge is 0.480 e.